The molecule has 1 aliphatic rings. The number of amides is 2. The number of carbonyl (C=O) groups is 2. The largest absolute Gasteiger partial charge is 0.508 e. The molecule has 0 aliphatic carbocycles. The van der Waals surface area contributed by atoms with Crippen LogP contribution in [0.15, 0.2) is 42.5 Å². The Kier molecular flexibility index (Phi) is 6.16. The van der Waals surface area contributed by atoms with Crippen LogP contribution in [0.2, 0.25) is 0 Å². The Balaban J connectivity index is 1.94. The summed E-state index contributed by atoms with van der Waals surface area (Å²) in [5, 5.41) is 14.0. The topological polar surface area (TPSA) is 137 Å². The van der Waals surface area contributed by atoms with Gasteiger partial charge >= 0.3 is 0 Å². The van der Waals surface area contributed by atoms with Crippen LogP contribution in [0.25, 0.3) is 10.9 Å². The monoisotopic (exact) mass is 435 g/mol. The number of aromatic hydroxyl groups is 1. The molecule has 8 heteroatoms. The molecule has 8 nitrogen and oxygen atoms in total. The number of carbonyl (C=O) groups excluding carboxylic acids is 2. The zero-order valence-electron chi connectivity index (χ0n) is 18.1. The van der Waals surface area contributed by atoms with Gasteiger partial charge in [0, 0.05) is 49.1 Å². The van der Waals surface area contributed by atoms with E-state index in [1.807, 2.05) is 25.1 Å². The van der Waals surface area contributed by atoms with Crippen LogP contribution in [0.1, 0.15) is 34.8 Å². The van der Waals surface area contributed by atoms with Crippen molar-refractivity contribution in [3.05, 3.63) is 64.8 Å². The zero-order chi connectivity index (χ0) is 22.8. The number of rotatable bonds is 6. The normalized spacial score (nSPS) is 17.9. The summed E-state index contributed by atoms with van der Waals surface area (Å²) in [5.41, 5.74) is 15.9. The molecule has 7 N–H and O–H groups in total. The second kappa shape index (κ2) is 9.02. The number of hydrogen-bond donors (Lipinski definition) is 5. The van der Waals surface area contributed by atoms with Gasteiger partial charge in [-0.3, -0.25) is 9.59 Å². The average Bonchev–Trinajstić information content (AvgIpc) is 3.13. The zero-order valence-corrected chi connectivity index (χ0v) is 18.1. The first-order valence-electron chi connectivity index (χ1n) is 10.8. The number of H-pyrrole nitrogens is 1. The second-order valence-corrected chi connectivity index (χ2v) is 8.20. The number of fused-ring (bicyclic) bond motifs is 3. The highest BCUT2D eigenvalue weighted by Crippen LogP contribution is 2.42. The molecular formula is C24H29N5O3. The molecule has 32 heavy (non-hydrogen) atoms. The summed E-state index contributed by atoms with van der Waals surface area (Å²) in [6.07, 6.45) is 0.492. The average molecular weight is 436 g/mol. The van der Waals surface area contributed by atoms with E-state index < -0.39 is 12.1 Å². The Morgan fingerprint density at radius 3 is 2.72 bits per heavy atom. The number of aryl methyl sites for hydroxylation is 1. The fourth-order valence-corrected chi connectivity index (χ4v) is 4.57. The van der Waals surface area contributed by atoms with E-state index in [2.05, 4.69) is 16.4 Å². The van der Waals surface area contributed by atoms with Gasteiger partial charge in [-0.15, -0.1) is 0 Å². The maximum Gasteiger partial charge on any atom is 0.243 e. The molecule has 0 saturated heterocycles. The number of nitrogens with zero attached hydrogens (tertiary/aromatic N) is 1. The lowest BCUT2D eigenvalue weighted by atomic mass is 9.87. The van der Waals surface area contributed by atoms with E-state index in [1.165, 1.54) is 0 Å². The van der Waals surface area contributed by atoms with Crippen LogP contribution >= 0.6 is 0 Å². The highest BCUT2D eigenvalue weighted by molar-refractivity contribution is 5.92. The Morgan fingerprint density at radius 1 is 1.19 bits per heavy atom. The third-order valence-corrected chi connectivity index (χ3v) is 5.96. The van der Waals surface area contributed by atoms with E-state index >= 15 is 0 Å². The molecule has 1 aromatic heterocycles. The Morgan fingerprint density at radius 2 is 2.00 bits per heavy atom. The molecule has 0 bridgehead atoms. The van der Waals surface area contributed by atoms with Gasteiger partial charge in [-0.25, -0.2) is 0 Å². The van der Waals surface area contributed by atoms with Crippen molar-refractivity contribution in [3.8, 4) is 5.75 Å². The Bertz CT molecular complexity index is 1160. The summed E-state index contributed by atoms with van der Waals surface area (Å²) in [4.78, 5) is 31.6. The van der Waals surface area contributed by atoms with E-state index in [0.717, 1.165) is 33.3 Å². The number of aromatic amines is 1. The maximum atomic E-state index is 13.3. The number of nitrogens with one attached hydrogen (secondary N) is 2. The first kappa shape index (κ1) is 21.9. The van der Waals surface area contributed by atoms with Crippen molar-refractivity contribution < 1.29 is 14.7 Å². The van der Waals surface area contributed by atoms with Gasteiger partial charge in [0.1, 0.15) is 11.8 Å². The highest BCUT2D eigenvalue weighted by atomic mass is 16.3. The molecule has 2 amide bonds. The minimum absolute atomic E-state index is 0.0944. The molecule has 0 spiro atoms. The molecule has 0 radical (unpaired) electrons. The molecule has 2 atom stereocenters. The van der Waals surface area contributed by atoms with Crippen molar-refractivity contribution in [3.63, 3.8) is 0 Å². The first-order chi connectivity index (χ1) is 15.4. The third-order valence-electron chi connectivity index (χ3n) is 5.96. The summed E-state index contributed by atoms with van der Waals surface area (Å²) in [6, 6.07) is 11.7. The number of phenols is 1. The van der Waals surface area contributed by atoms with Crippen molar-refractivity contribution in [2.24, 2.45) is 11.5 Å². The number of aromatic nitrogens is 1. The SMILES string of the molecule is Cc1ccc2[nH]c3c(c2c1)CC(C(=O)NCCN)N(C(=O)CCN)C3c1cccc(O)c1. The van der Waals surface area contributed by atoms with Crippen molar-refractivity contribution in [1.82, 2.24) is 15.2 Å². The molecule has 1 aliphatic heterocycles. The predicted molar refractivity (Wildman–Crippen MR) is 123 cm³/mol. The van der Waals surface area contributed by atoms with Gasteiger partial charge in [0.05, 0.1) is 6.04 Å². The van der Waals surface area contributed by atoms with Crippen LogP contribution in [0.4, 0.5) is 0 Å². The van der Waals surface area contributed by atoms with Crippen molar-refractivity contribution >= 4 is 22.7 Å². The van der Waals surface area contributed by atoms with Gasteiger partial charge in [-0.1, -0.05) is 23.8 Å². The van der Waals surface area contributed by atoms with Crippen LogP contribution in [-0.4, -0.2) is 52.5 Å². The van der Waals surface area contributed by atoms with E-state index in [9.17, 15) is 14.7 Å². The minimum atomic E-state index is -0.722. The molecule has 2 unspecified atom stereocenters. The summed E-state index contributed by atoms with van der Waals surface area (Å²) >= 11 is 0. The quantitative estimate of drug-likeness (QED) is 0.399. The summed E-state index contributed by atoms with van der Waals surface area (Å²) in [5.74, 6) is -0.371. The van der Waals surface area contributed by atoms with Gasteiger partial charge in [0.2, 0.25) is 11.8 Å². The molecule has 0 fully saturated rings. The van der Waals surface area contributed by atoms with Gasteiger partial charge in [-0.2, -0.15) is 0 Å². The lowest BCUT2D eigenvalue weighted by Crippen LogP contribution is -2.55. The van der Waals surface area contributed by atoms with E-state index in [1.54, 1.807) is 23.1 Å². The minimum Gasteiger partial charge on any atom is -0.508 e. The van der Waals surface area contributed by atoms with Crippen LogP contribution in [0, 0.1) is 6.92 Å². The third kappa shape index (κ3) is 3.94. The number of phenolic OH excluding ortho intramolecular Hbond substituents is 1. The predicted octanol–water partition coefficient (Wildman–Crippen LogP) is 1.45. The molecule has 2 aromatic carbocycles. The van der Waals surface area contributed by atoms with Crippen LogP contribution in [0.3, 0.4) is 0 Å². The van der Waals surface area contributed by atoms with Gasteiger partial charge in [0.15, 0.2) is 0 Å². The summed E-state index contributed by atoms with van der Waals surface area (Å²) in [7, 11) is 0. The summed E-state index contributed by atoms with van der Waals surface area (Å²) < 4.78 is 0. The highest BCUT2D eigenvalue weighted by Gasteiger charge is 2.43. The van der Waals surface area contributed by atoms with E-state index in [4.69, 9.17) is 11.5 Å². The standard InChI is InChI=1S/C24H29N5O3/c1-14-5-6-19-17(11-14)18-13-20(24(32)27-10-9-26)29(21(31)7-8-25)23(22(18)28-19)15-3-2-4-16(30)12-15/h2-6,11-12,20,23,28,30H,7-10,13,25-26H2,1H3,(H,27,32). The number of nitrogens with two attached hydrogens (primary N) is 2. The smallest absolute Gasteiger partial charge is 0.243 e. The molecule has 2 heterocycles. The molecule has 168 valence electrons. The van der Waals surface area contributed by atoms with Crippen LogP contribution in [-0.2, 0) is 16.0 Å². The van der Waals surface area contributed by atoms with Gasteiger partial charge in [-0.05, 0) is 42.3 Å². The van der Waals surface area contributed by atoms with Crippen molar-refractivity contribution in [2.45, 2.75) is 31.8 Å². The molecular weight excluding hydrogens is 406 g/mol. The first-order valence-corrected chi connectivity index (χ1v) is 10.8. The van der Waals surface area contributed by atoms with Crippen LogP contribution < -0.4 is 16.8 Å². The molecule has 4 rings (SSSR count). The lowest BCUT2D eigenvalue weighted by molar-refractivity contribution is -0.143. The molecule has 0 saturated carbocycles. The molecule has 3 aromatic rings. The van der Waals surface area contributed by atoms with E-state index in [-0.39, 0.29) is 30.5 Å². The van der Waals surface area contributed by atoms with Crippen molar-refractivity contribution in [1.29, 1.82) is 0 Å². The summed E-state index contributed by atoms with van der Waals surface area (Å²) in [6.45, 7) is 2.84. The van der Waals surface area contributed by atoms with Gasteiger partial charge in [0.25, 0.3) is 0 Å². The van der Waals surface area contributed by atoms with E-state index in [0.29, 0.717) is 19.5 Å². The van der Waals surface area contributed by atoms with Crippen molar-refractivity contribution in [2.75, 3.05) is 19.6 Å². The Labute approximate surface area is 186 Å². The van der Waals surface area contributed by atoms with Gasteiger partial charge < -0.3 is 31.8 Å². The fourth-order valence-electron chi connectivity index (χ4n) is 4.57. The maximum absolute atomic E-state index is 13.3. The number of hydrogen-bond acceptors (Lipinski definition) is 5. The lowest BCUT2D eigenvalue weighted by Gasteiger charge is -2.41. The number of benzene rings is 2. The Hall–Kier alpha value is -3.36. The fraction of sp³-hybridized carbons (Fsp3) is 0.333. The van der Waals surface area contributed by atoms with Crippen LogP contribution in [0.5, 0.6) is 5.75 Å². The second-order valence-electron chi connectivity index (χ2n) is 8.20.